The lowest BCUT2D eigenvalue weighted by atomic mass is 10.2. The minimum absolute atomic E-state index is 0.0683. The van der Waals surface area contributed by atoms with Gasteiger partial charge in [-0.3, -0.25) is 4.79 Å². The van der Waals surface area contributed by atoms with Gasteiger partial charge in [-0.15, -0.1) is 6.42 Å². The predicted molar refractivity (Wildman–Crippen MR) is 105 cm³/mol. The first-order valence-corrected chi connectivity index (χ1v) is 8.75. The van der Waals surface area contributed by atoms with Crippen molar-refractivity contribution >= 4 is 23.7 Å². The van der Waals surface area contributed by atoms with E-state index in [1.165, 1.54) is 6.21 Å². The van der Waals surface area contributed by atoms with E-state index in [9.17, 15) is 4.79 Å². The predicted octanol–water partition coefficient (Wildman–Crippen LogP) is 3.24. The van der Waals surface area contributed by atoms with Gasteiger partial charge in [-0.2, -0.15) is 5.10 Å². The summed E-state index contributed by atoms with van der Waals surface area (Å²) in [4.78, 5) is 12.2. The molecule has 0 saturated carbocycles. The Morgan fingerprint density at radius 2 is 2.14 bits per heavy atom. The van der Waals surface area contributed by atoms with Crippen LogP contribution in [0, 0.1) is 12.3 Å². The first-order chi connectivity index (χ1) is 13.6. The Kier molecular flexibility index (Phi) is 6.25. The molecule has 2 aromatic rings. The third-order valence-electron chi connectivity index (χ3n) is 3.65. The molecule has 0 unspecified atom stereocenters. The minimum atomic E-state index is -0.389. The van der Waals surface area contributed by atoms with Crippen LogP contribution >= 0.6 is 11.6 Å². The van der Waals surface area contributed by atoms with Gasteiger partial charge in [0.25, 0.3) is 5.91 Å². The van der Waals surface area contributed by atoms with Crippen molar-refractivity contribution in [2.75, 3.05) is 20.0 Å². The Labute approximate surface area is 167 Å². The SMILES string of the molecule is C#CCOc1c(Cl)cc(/C=N\NC(=O)c2ccc3c(c2)OCO3)cc1OCC. The van der Waals surface area contributed by atoms with Crippen LogP contribution in [0.5, 0.6) is 23.0 Å². The molecular formula is C20H17ClN2O5. The molecule has 0 radical (unpaired) electrons. The number of hydrazone groups is 1. The van der Waals surface area contributed by atoms with Crippen LogP contribution in [0.3, 0.4) is 0 Å². The van der Waals surface area contributed by atoms with E-state index < -0.39 is 0 Å². The van der Waals surface area contributed by atoms with Crippen LogP contribution in [0.15, 0.2) is 35.4 Å². The van der Waals surface area contributed by atoms with Crippen LogP contribution in [0.4, 0.5) is 0 Å². The number of carbonyl (C=O) groups is 1. The van der Waals surface area contributed by atoms with E-state index in [-0.39, 0.29) is 19.3 Å². The summed E-state index contributed by atoms with van der Waals surface area (Å²) in [5.74, 6) is 3.91. The molecule has 7 nitrogen and oxygen atoms in total. The summed E-state index contributed by atoms with van der Waals surface area (Å²) < 4.78 is 21.5. The number of halogens is 1. The smallest absolute Gasteiger partial charge is 0.271 e. The van der Waals surface area contributed by atoms with Gasteiger partial charge in [0.2, 0.25) is 6.79 Å². The molecule has 1 aliphatic heterocycles. The summed E-state index contributed by atoms with van der Waals surface area (Å²) in [7, 11) is 0. The highest BCUT2D eigenvalue weighted by Gasteiger charge is 2.16. The number of carbonyl (C=O) groups excluding carboxylic acids is 1. The molecule has 8 heteroatoms. The average Bonchev–Trinajstić information content (AvgIpc) is 3.15. The van der Waals surface area contributed by atoms with Crippen LogP contribution in [-0.4, -0.2) is 32.1 Å². The highest BCUT2D eigenvalue weighted by atomic mass is 35.5. The zero-order chi connectivity index (χ0) is 19.9. The summed E-state index contributed by atoms with van der Waals surface area (Å²) >= 11 is 6.25. The van der Waals surface area contributed by atoms with Crippen molar-refractivity contribution in [1.82, 2.24) is 5.43 Å². The van der Waals surface area contributed by atoms with Gasteiger partial charge in [0.15, 0.2) is 23.0 Å². The third-order valence-corrected chi connectivity index (χ3v) is 3.93. The summed E-state index contributed by atoms with van der Waals surface area (Å²) in [5.41, 5.74) is 3.46. The Bertz CT molecular complexity index is 952. The van der Waals surface area contributed by atoms with Gasteiger partial charge in [0.1, 0.15) is 6.61 Å². The maximum Gasteiger partial charge on any atom is 0.271 e. The number of hydrogen-bond acceptors (Lipinski definition) is 6. The van der Waals surface area contributed by atoms with Crippen molar-refractivity contribution in [2.45, 2.75) is 6.92 Å². The van der Waals surface area contributed by atoms with E-state index in [0.717, 1.165) is 0 Å². The molecule has 1 aliphatic rings. The van der Waals surface area contributed by atoms with Crippen molar-refractivity contribution < 1.29 is 23.7 Å². The van der Waals surface area contributed by atoms with Gasteiger partial charge in [-0.05, 0) is 42.8 Å². The normalized spacial score (nSPS) is 11.9. The molecule has 28 heavy (non-hydrogen) atoms. The Morgan fingerprint density at radius 3 is 2.93 bits per heavy atom. The second-order valence-electron chi connectivity index (χ2n) is 5.52. The monoisotopic (exact) mass is 400 g/mol. The molecule has 3 rings (SSSR count). The number of hydrogen-bond donors (Lipinski definition) is 1. The molecule has 144 valence electrons. The van der Waals surface area contributed by atoms with Crippen molar-refractivity contribution in [3.63, 3.8) is 0 Å². The number of rotatable bonds is 7. The molecule has 1 amide bonds. The maximum atomic E-state index is 12.2. The van der Waals surface area contributed by atoms with Crippen LogP contribution < -0.4 is 24.4 Å². The number of amides is 1. The fourth-order valence-corrected chi connectivity index (χ4v) is 2.72. The Hall–Kier alpha value is -3.37. The molecule has 2 aromatic carbocycles. The second-order valence-corrected chi connectivity index (χ2v) is 5.93. The molecule has 0 fully saturated rings. The molecule has 0 aliphatic carbocycles. The third kappa shape index (κ3) is 4.48. The van der Waals surface area contributed by atoms with E-state index in [1.807, 2.05) is 6.92 Å². The Balaban J connectivity index is 1.71. The van der Waals surface area contributed by atoms with Gasteiger partial charge in [0, 0.05) is 5.56 Å². The molecule has 1 N–H and O–H groups in total. The lowest BCUT2D eigenvalue weighted by Crippen LogP contribution is -2.17. The number of ether oxygens (including phenoxy) is 4. The quantitative estimate of drug-likeness (QED) is 0.438. The molecular weight excluding hydrogens is 384 g/mol. The van der Waals surface area contributed by atoms with Gasteiger partial charge in [0.05, 0.1) is 17.8 Å². The standard InChI is InChI=1S/C20H17ClN2O5/c1-3-7-26-19-15(21)8-13(9-18(19)25-4-2)11-22-23-20(24)14-5-6-16-17(10-14)28-12-27-16/h1,5-6,8-11H,4,7,12H2,2H3,(H,23,24)/b22-11-. The van der Waals surface area contributed by atoms with E-state index in [2.05, 4.69) is 16.4 Å². The fourth-order valence-electron chi connectivity index (χ4n) is 2.45. The van der Waals surface area contributed by atoms with Crippen LogP contribution in [-0.2, 0) is 0 Å². The van der Waals surface area contributed by atoms with Crippen LogP contribution in [0.25, 0.3) is 0 Å². The van der Waals surface area contributed by atoms with Crippen LogP contribution in [0.1, 0.15) is 22.8 Å². The first kappa shape index (κ1) is 19.4. The number of benzene rings is 2. The summed E-state index contributed by atoms with van der Waals surface area (Å²) in [6.45, 7) is 2.47. The Morgan fingerprint density at radius 1 is 1.32 bits per heavy atom. The summed E-state index contributed by atoms with van der Waals surface area (Å²) in [5, 5.41) is 4.29. The summed E-state index contributed by atoms with van der Waals surface area (Å²) in [6, 6.07) is 8.21. The van der Waals surface area contributed by atoms with Crippen molar-refractivity contribution in [2.24, 2.45) is 5.10 Å². The molecule has 0 bridgehead atoms. The van der Waals surface area contributed by atoms with Gasteiger partial charge in [-0.1, -0.05) is 17.5 Å². The average molecular weight is 401 g/mol. The van der Waals surface area contributed by atoms with Gasteiger partial charge in [-0.25, -0.2) is 5.43 Å². The van der Waals surface area contributed by atoms with Crippen LogP contribution in [0.2, 0.25) is 5.02 Å². The lowest BCUT2D eigenvalue weighted by molar-refractivity contribution is 0.0954. The fraction of sp³-hybridized carbons (Fsp3) is 0.200. The topological polar surface area (TPSA) is 78.4 Å². The zero-order valence-electron chi connectivity index (χ0n) is 15.0. The highest BCUT2D eigenvalue weighted by Crippen LogP contribution is 2.36. The second kappa shape index (κ2) is 9.02. The summed E-state index contributed by atoms with van der Waals surface area (Å²) in [6.07, 6.45) is 6.67. The number of fused-ring (bicyclic) bond motifs is 1. The number of nitrogens with one attached hydrogen (secondary N) is 1. The van der Waals surface area contributed by atoms with E-state index in [1.54, 1.807) is 30.3 Å². The molecule has 1 heterocycles. The van der Waals surface area contributed by atoms with E-state index >= 15 is 0 Å². The molecule has 0 aromatic heterocycles. The lowest BCUT2D eigenvalue weighted by Gasteiger charge is -2.12. The van der Waals surface area contributed by atoms with E-state index in [0.29, 0.717) is 45.8 Å². The van der Waals surface area contributed by atoms with Crippen molar-refractivity contribution in [1.29, 1.82) is 0 Å². The van der Waals surface area contributed by atoms with Crippen molar-refractivity contribution in [3.8, 4) is 35.3 Å². The van der Waals surface area contributed by atoms with Gasteiger partial charge >= 0.3 is 0 Å². The largest absolute Gasteiger partial charge is 0.490 e. The van der Waals surface area contributed by atoms with Gasteiger partial charge < -0.3 is 18.9 Å². The maximum absolute atomic E-state index is 12.2. The highest BCUT2D eigenvalue weighted by molar-refractivity contribution is 6.32. The minimum Gasteiger partial charge on any atom is -0.490 e. The molecule has 0 atom stereocenters. The zero-order valence-corrected chi connectivity index (χ0v) is 15.8. The van der Waals surface area contributed by atoms with E-state index in [4.69, 9.17) is 37.0 Å². The molecule has 0 spiro atoms. The number of nitrogens with zero attached hydrogens (tertiary/aromatic N) is 1. The molecule has 0 saturated heterocycles. The van der Waals surface area contributed by atoms with Crippen molar-refractivity contribution in [3.05, 3.63) is 46.5 Å². The first-order valence-electron chi connectivity index (χ1n) is 8.38. The number of terminal acetylenes is 1.